The van der Waals surface area contributed by atoms with Gasteiger partial charge in [0, 0.05) is 0 Å². The van der Waals surface area contributed by atoms with Crippen LogP contribution in [0.15, 0.2) is 45.1 Å². The SMILES string of the molecule is CC1(C)CCc2cc(S(=O)(=O)NCc3nc(-c4cccs4)no3)ccc2O1. The largest absolute Gasteiger partial charge is 0.488 e. The van der Waals surface area contributed by atoms with Crippen LogP contribution >= 0.6 is 11.3 Å². The van der Waals surface area contributed by atoms with Crippen LogP contribution in [0.1, 0.15) is 31.7 Å². The van der Waals surface area contributed by atoms with Gasteiger partial charge in [0.1, 0.15) is 11.4 Å². The number of ether oxygens (including phenoxy) is 1. The molecule has 2 aromatic heterocycles. The number of nitrogens with one attached hydrogen (secondary N) is 1. The molecule has 1 N–H and O–H groups in total. The molecular formula is C18H19N3O4S2. The Balaban J connectivity index is 1.48. The summed E-state index contributed by atoms with van der Waals surface area (Å²) in [4.78, 5) is 5.28. The third-order valence-corrected chi connectivity index (χ3v) is 6.61. The third-order valence-electron chi connectivity index (χ3n) is 4.35. The van der Waals surface area contributed by atoms with E-state index in [9.17, 15) is 8.42 Å². The fourth-order valence-electron chi connectivity index (χ4n) is 2.87. The predicted molar refractivity (Wildman–Crippen MR) is 101 cm³/mol. The molecular weight excluding hydrogens is 386 g/mol. The lowest BCUT2D eigenvalue weighted by Crippen LogP contribution is -2.32. The molecule has 3 heterocycles. The number of fused-ring (bicyclic) bond motifs is 1. The number of thiophene rings is 1. The fourth-order valence-corrected chi connectivity index (χ4v) is 4.55. The summed E-state index contributed by atoms with van der Waals surface area (Å²) in [7, 11) is -3.70. The van der Waals surface area contributed by atoms with Crippen molar-refractivity contribution < 1.29 is 17.7 Å². The van der Waals surface area contributed by atoms with Crippen LogP contribution in [0.4, 0.5) is 0 Å². The lowest BCUT2D eigenvalue weighted by Gasteiger charge is -2.32. The first-order valence-corrected chi connectivity index (χ1v) is 10.9. The smallest absolute Gasteiger partial charge is 0.242 e. The average molecular weight is 406 g/mol. The van der Waals surface area contributed by atoms with E-state index in [1.165, 1.54) is 11.3 Å². The third kappa shape index (κ3) is 3.90. The number of nitrogens with zero attached hydrogens (tertiary/aromatic N) is 2. The summed E-state index contributed by atoms with van der Waals surface area (Å²) in [6.45, 7) is 3.98. The Morgan fingerprint density at radius 2 is 2.15 bits per heavy atom. The first-order valence-electron chi connectivity index (χ1n) is 8.50. The molecule has 1 aliphatic rings. The highest BCUT2D eigenvalue weighted by molar-refractivity contribution is 7.89. The average Bonchev–Trinajstić information content (AvgIpc) is 3.30. The van der Waals surface area contributed by atoms with Crippen molar-refractivity contribution in [2.75, 3.05) is 0 Å². The summed E-state index contributed by atoms with van der Waals surface area (Å²) in [5.74, 6) is 1.40. The van der Waals surface area contributed by atoms with Gasteiger partial charge in [-0.1, -0.05) is 11.2 Å². The van der Waals surface area contributed by atoms with E-state index in [0.717, 1.165) is 29.0 Å². The summed E-state index contributed by atoms with van der Waals surface area (Å²) in [6, 6.07) is 8.69. The van der Waals surface area contributed by atoms with Crippen molar-refractivity contribution in [3.8, 4) is 16.5 Å². The van der Waals surface area contributed by atoms with Gasteiger partial charge in [-0.15, -0.1) is 11.3 Å². The summed E-state index contributed by atoms with van der Waals surface area (Å²) in [5, 5.41) is 5.79. The Bertz CT molecular complexity index is 1060. The van der Waals surface area contributed by atoms with Crippen LogP contribution in [0.5, 0.6) is 5.75 Å². The summed E-state index contributed by atoms with van der Waals surface area (Å²) >= 11 is 1.49. The highest BCUT2D eigenvalue weighted by Crippen LogP contribution is 2.34. The second-order valence-corrected chi connectivity index (χ2v) is 9.66. The Morgan fingerprint density at radius 3 is 2.93 bits per heavy atom. The van der Waals surface area contributed by atoms with Crippen molar-refractivity contribution in [2.45, 2.75) is 43.7 Å². The van der Waals surface area contributed by atoms with Gasteiger partial charge in [0.15, 0.2) is 0 Å². The van der Waals surface area contributed by atoms with Crippen molar-refractivity contribution in [2.24, 2.45) is 0 Å². The summed E-state index contributed by atoms with van der Waals surface area (Å²) < 4.78 is 38.8. The van der Waals surface area contributed by atoms with Crippen LogP contribution in [0.2, 0.25) is 0 Å². The Kier molecular flexibility index (Phi) is 4.53. The number of hydrogen-bond donors (Lipinski definition) is 1. The zero-order chi connectivity index (χ0) is 19.1. The van der Waals surface area contributed by atoms with Gasteiger partial charge in [-0.2, -0.15) is 4.98 Å². The molecule has 0 bridgehead atoms. The van der Waals surface area contributed by atoms with Gasteiger partial charge < -0.3 is 9.26 Å². The van der Waals surface area contributed by atoms with Crippen molar-refractivity contribution in [3.63, 3.8) is 0 Å². The maximum absolute atomic E-state index is 12.6. The van der Waals surface area contributed by atoms with Gasteiger partial charge in [0.2, 0.25) is 21.7 Å². The normalized spacial score (nSPS) is 15.9. The number of benzene rings is 1. The highest BCUT2D eigenvalue weighted by Gasteiger charge is 2.28. The van der Waals surface area contributed by atoms with E-state index in [0.29, 0.717) is 5.82 Å². The van der Waals surface area contributed by atoms with E-state index in [-0.39, 0.29) is 22.9 Å². The molecule has 0 aliphatic carbocycles. The first-order chi connectivity index (χ1) is 12.8. The van der Waals surface area contributed by atoms with Crippen molar-refractivity contribution in [1.29, 1.82) is 0 Å². The zero-order valence-electron chi connectivity index (χ0n) is 14.9. The van der Waals surface area contributed by atoms with Crippen molar-refractivity contribution >= 4 is 21.4 Å². The zero-order valence-corrected chi connectivity index (χ0v) is 16.6. The number of aromatic nitrogens is 2. The molecule has 0 amide bonds. The molecule has 0 saturated carbocycles. The van der Waals surface area contributed by atoms with Gasteiger partial charge >= 0.3 is 0 Å². The molecule has 0 unspecified atom stereocenters. The molecule has 3 aromatic rings. The molecule has 142 valence electrons. The van der Waals surface area contributed by atoms with Crippen LogP contribution < -0.4 is 9.46 Å². The minimum absolute atomic E-state index is 0.0681. The van der Waals surface area contributed by atoms with E-state index < -0.39 is 10.0 Å². The van der Waals surface area contributed by atoms with E-state index in [2.05, 4.69) is 14.9 Å². The van der Waals surface area contributed by atoms with Crippen LogP contribution in [0.25, 0.3) is 10.7 Å². The van der Waals surface area contributed by atoms with Gasteiger partial charge in [-0.05, 0) is 61.9 Å². The number of rotatable bonds is 5. The van der Waals surface area contributed by atoms with Crippen LogP contribution in [-0.4, -0.2) is 24.2 Å². The number of hydrogen-bond acceptors (Lipinski definition) is 7. The van der Waals surface area contributed by atoms with E-state index in [1.54, 1.807) is 18.2 Å². The van der Waals surface area contributed by atoms with Gasteiger partial charge in [0.05, 0.1) is 16.3 Å². The lowest BCUT2D eigenvalue weighted by molar-refractivity contribution is 0.0845. The van der Waals surface area contributed by atoms with Gasteiger partial charge in [-0.3, -0.25) is 0 Å². The van der Waals surface area contributed by atoms with Crippen molar-refractivity contribution in [3.05, 3.63) is 47.2 Å². The Hall–Kier alpha value is -2.23. The molecule has 0 spiro atoms. The molecule has 9 heteroatoms. The quantitative estimate of drug-likeness (QED) is 0.699. The number of aryl methyl sites for hydroxylation is 1. The highest BCUT2D eigenvalue weighted by atomic mass is 32.2. The summed E-state index contributed by atoms with van der Waals surface area (Å²) in [6.07, 6.45) is 1.62. The Labute approximate surface area is 161 Å². The van der Waals surface area contributed by atoms with E-state index >= 15 is 0 Å². The van der Waals surface area contributed by atoms with E-state index in [1.807, 2.05) is 31.4 Å². The molecule has 27 heavy (non-hydrogen) atoms. The predicted octanol–water partition coefficient (Wildman–Crippen LogP) is 3.38. The second-order valence-electron chi connectivity index (χ2n) is 6.94. The van der Waals surface area contributed by atoms with Crippen LogP contribution in [-0.2, 0) is 23.0 Å². The second kappa shape index (κ2) is 6.74. The van der Waals surface area contributed by atoms with E-state index in [4.69, 9.17) is 9.26 Å². The van der Waals surface area contributed by atoms with Crippen LogP contribution in [0.3, 0.4) is 0 Å². The van der Waals surface area contributed by atoms with Gasteiger partial charge in [-0.25, -0.2) is 13.1 Å². The summed E-state index contributed by atoms with van der Waals surface area (Å²) in [5.41, 5.74) is 0.666. The molecule has 7 nitrogen and oxygen atoms in total. The molecule has 1 aliphatic heterocycles. The minimum atomic E-state index is -3.70. The molecule has 1 aromatic carbocycles. The molecule has 0 radical (unpaired) electrons. The minimum Gasteiger partial charge on any atom is -0.488 e. The van der Waals surface area contributed by atoms with Crippen molar-refractivity contribution in [1.82, 2.24) is 14.9 Å². The monoisotopic (exact) mass is 405 g/mol. The molecule has 4 rings (SSSR count). The number of sulfonamides is 1. The lowest BCUT2D eigenvalue weighted by atomic mass is 9.94. The standard InChI is InChI=1S/C18H19N3O4S2/c1-18(2)8-7-12-10-13(5-6-14(12)24-18)27(22,23)19-11-16-20-17(21-25-16)15-4-3-9-26-15/h3-6,9-10,19H,7-8,11H2,1-2H3. The Morgan fingerprint density at radius 1 is 1.30 bits per heavy atom. The fraction of sp³-hybridized carbons (Fsp3) is 0.333. The first kappa shape index (κ1) is 18.1. The van der Waals surface area contributed by atoms with Gasteiger partial charge in [0.25, 0.3) is 0 Å². The molecule has 0 atom stereocenters. The maximum atomic E-state index is 12.6. The van der Waals surface area contributed by atoms with Crippen LogP contribution in [0, 0.1) is 0 Å². The molecule has 0 saturated heterocycles. The topological polar surface area (TPSA) is 94.3 Å². The maximum Gasteiger partial charge on any atom is 0.242 e. The molecule has 0 fully saturated rings.